The van der Waals surface area contributed by atoms with Gasteiger partial charge in [-0.1, -0.05) is 17.6 Å². The van der Waals surface area contributed by atoms with E-state index in [-0.39, 0.29) is 5.92 Å². The van der Waals surface area contributed by atoms with Gasteiger partial charge >= 0.3 is 0 Å². The number of aromatic nitrogens is 1. The molecule has 3 nitrogen and oxygen atoms in total. The fourth-order valence-electron chi connectivity index (χ4n) is 2.02. The van der Waals surface area contributed by atoms with E-state index >= 15 is 0 Å². The first-order valence-corrected chi connectivity index (χ1v) is 5.03. The molecule has 0 aromatic carbocycles. The molecule has 74 valence electrons. The second-order valence-electron chi connectivity index (χ2n) is 3.64. The van der Waals surface area contributed by atoms with Crippen molar-refractivity contribution < 1.29 is 5.21 Å². The van der Waals surface area contributed by atoms with E-state index in [2.05, 4.69) is 10.1 Å². The highest BCUT2D eigenvalue weighted by Crippen LogP contribution is 2.29. The van der Waals surface area contributed by atoms with Gasteiger partial charge in [-0.15, -0.1) is 0 Å². The number of pyridine rings is 1. The Hall–Kier alpha value is -1.38. The lowest BCUT2D eigenvalue weighted by atomic mass is 9.85. The summed E-state index contributed by atoms with van der Waals surface area (Å²) in [5.74, 6) is 0.231. The molecule has 0 amide bonds. The third kappa shape index (κ3) is 1.76. The molecule has 2 rings (SSSR count). The summed E-state index contributed by atoms with van der Waals surface area (Å²) < 4.78 is 0. The van der Waals surface area contributed by atoms with Gasteiger partial charge in [-0.2, -0.15) is 0 Å². The molecule has 1 heterocycles. The Bertz CT molecular complexity index is 321. The largest absolute Gasteiger partial charge is 0.411 e. The summed E-state index contributed by atoms with van der Waals surface area (Å²) in [5.41, 5.74) is 1.91. The first kappa shape index (κ1) is 9.19. The van der Waals surface area contributed by atoms with Crippen LogP contribution in [0.15, 0.2) is 29.6 Å². The molecule has 1 fully saturated rings. The lowest BCUT2D eigenvalue weighted by Gasteiger charge is -2.22. The Morgan fingerprint density at radius 3 is 3.00 bits per heavy atom. The second kappa shape index (κ2) is 4.22. The average molecular weight is 190 g/mol. The predicted octanol–water partition coefficient (Wildman–Crippen LogP) is 2.57. The third-order valence-corrected chi connectivity index (χ3v) is 2.75. The zero-order chi connectivity index (χ0) is 9.80. The molecule has 1 aromatic heterocycles. The van der Waals surface area contributed by atoms with E-state index in [4.69, 9.17) is 5.21 Å². The van der Waals surface area contributed by atoms with Gasteiger partial charge in [-0.25, -0.2) is 0 Å². The van der Waals surface area contributed by atoms with Crippen molar-refractivity contribution in [2.45, 2.75) is 31.6 Å². The summed E-state index contributed by atoms with van der Waals surface area (Å²) in [5, 5.41) is 12.3. The Morgan fingerprint density at radius 2 is 2.29 bits per heavy atom. The van der Waals surface area contributed by atoms with Crippen molar-refractivity contribution in [2.75, 3.05) is 0 Å². The van der Waals surface area contributed by atoms with Crippen LogP contribution in [0.25, 0.3) is 0 Å². The van der Waals surface area contributed by atoms with Crippen LogP contribution in [0, 0.1) is 0 Å². The standard InChI is InChI=1S/C11H14N2O/c14-13-11-7-2-1-5-9(11)10-6-3-4-8-12-10/h3-4,6,8-9,14H,1-2,5,7H2/b13-11+/t9-/m1/s1. The van der Waals surface area contributed by atoms with Gasteiger partial charge in [0.05, 0.1) is 5.71 Å². The molecule has 1 aliphatic carbocycles. The van der Waals surface area contributed by atoms with Crippen molar-refractivity contribution in [1.29, 1.82) is 0 Å². The number of hydrogen-bond acceptors (Lipinski definition) is 3. The highest BCUT2D eigenvalue weighted by molar-refractivity contribution is 5.90. The zero-order valence-electron chi connectivity index (χ0n) is 8.06. The van der Waals surface area contributed by atoms with Crippen molar-refractivity contribution in [2.24, 2.45) is 5.16 Å². The maximum atomic E-state index is 8.88. The van der Waals surface area contributed by atoms with Crippen molar-refractivity contribution >= 4 is 5.71 Å². The van der Waals surface area contributed by atoms with Crippen LogP contribution in [-0.2, 0) is 0 Å². The summed E-state index contributed by atoms with van der Waals surface area (Å²) in [6.07, 6.45) is 6.07. The van der Waals surface area contributed by atoms with Crippen LogP contribution in [0.4, 0.5) is 0 Å². The molecule has 0 aliphatic heterocycles. The van der Waals surface area contributed by atoms with Crippen molar-refractivity contribution in [3.63, 3.8) is 0 Å². The van der Waals surface area contributed by atoms with Crippen LogP contribution >= 0.6 is 0 Å². The van der Waals surface area contributed by atoms with Crippen LogP contribution in [0.3, 0.4) is 0 Å². The molecule has 1 saturated carbocycles. The molecule has 0 saturated heterocycles. The predicted molar refractivity (Wildman–Crippen MR) is 54.7 cm³/mol. The van der Waals surface area contributed by atoms with Crippen molar-refractivity contribution in [3.05, 3.63) is 30.1 Å². The molecule has 0 radical (unpaired) electrons. The van der Waals surface area contributed by atoms with Crippen LogP contribution in [0.1, 0.15) is 37.3 Å². The molecular formula is C11H14N2O. The Morgan fingerprint density at radius 1 is 1.36 bits per heavy atom. The van der Waals surface area contributed by atoms with Gasteiger partial charge < -0.3 is 5.21 Å². The minimum absolute atomic E-state index is 0.231. The van der Waals surface area contributed by atoms with E-state index in [1.165, 1.54) is 6.42 Å². The zero-order valence-corrected chi connectivity index (χ0v) is 8.06. The molecule has 0 bridgehead atoms. The highest BCUT2D eigenvalue weighted by Gasteiger charge is 2.23. The summed E-state index contributed by atoms with van der Waals surface area (Å²) in [6.45, 7) is 0. The number of rotatable bonds is 1. The minimum Gasteiger partial charge on any atom is -0.411 e. The van der Waals surface area contributed by atoms with Crippen LogP contribution in [0.5, 0.6) is 0 Å². The fraction of sp³-hybridized carbons (Fsp3) is 0.455. The van der Waals surface area contributed by atoms with Gasteiger partial charge in [0.2, 0.25) is 0 Å². The fourth-order valence-corrected chi connectivity index (χ4v) is 2.02. The van der Waals surface area contributed by atoms with Crippen LogP contribution in [0.2, 0.25) is 0 Å². The molecule has 0 unspecified atom stereocenters. The topological polar surface area (TPSA) is 45.5 Å². The van der Waals surface area contributed by atoms with Gasteiger partial charge in [0.1, 0.15) is 0 Å². The summed E-state index contributed by atoms with van der Waals surface area (Å²) in [4.78, 5) is 4.31. The molecule has 3 heteroatoms. The molecule has 1 N–H and O–H groups in total. The van der Waals surface area contributed by atoms with E-state index < -0.39 is 0 Å². The maximum absolute atomic E-state index is 8.88. The van der Waals surface area contributed by atoms with E-state index in [0.717, 1.165) is 30.7 Å². The monoisotopic (exact) mass is 190 g/mol. The molecular weight excluding hydrogens is 176 g/mol. The lowest BCUT2D eigenvalue weighted by molar-refractivity contribution is 0.312. The lowest BCUT2D eigenvalue weighted by Crippen LogP contribution is -2.18. The van der Waals surface area contributed by atoms with Crippen LogP contribution in [-0.4, -0.2) is 15.9 Å². The van der Waals surface area contributed by atoms with E-state index in [9.17, 15) is 0 Å². The van der Waals surface area contributed by atoms with Gasteiger partial charge in [0.15, 0.2) is 0 Å². The highest BCUT2D eigenvalue weighted by atomic mass is 16.4. The molecule has 0 spiro atoms. The molecule has 1 aromatic rings. The van der Waals surface area contributed by atoms with Gasteiger partial charge in [-0.3, -0.25) is 4.98 Å². The Labute approximate surface area is 83.5 Å². The summed E-state index contributed by atoms with van der Waals surface area (Å²) >= 11 is 0. The van der Waals surface area contributed by atoms with Crippen molar-refractivity contribution in [1.82, 2.24) is 4.98 Å². The third-order valence-electron chi connectivity index (χ3n) is 2.75. The Kier molecular flexibility index (Phi) is 2.77. The van der Waals surface area contributed by atoms with Gasteiger partial charge in [0.25, 0.3) is 0 Å². The van der Waals surface area contributed by atoms with E-state index in [1.54, 1.807) is 6.20 Å². The molecule has 14 heavy (non-hydrogen) atoms. The smallest absolute Gasteiger partial charge is 0.0661 e. The number of nitrogens with zero attached hydrogens (tertiary/aromatic N) is 2. The van der Waals surface area contributed by atoms with Crippen LogP contribution < -0.4 is 0 Å². The Balaban J connectivity index is 2.24. The molecule has 1 atom stereocenters. The van der Waals surface area contributed by atoms with E-state index in [1.807, 2.05) is 18.2 Å². The van der Waals surface area contributed by atoms with E-state index in [0.29, 0.717) is 0 Å². The normalized spacial score (nSPS) is 25.1. The van der Waals surface area contributed by atoms with Crippen molar-refractivity contribution in [3.8, 4) is 0 Å². The summed E-state index contributed by atoms with van der Waals surface area (Å²) in [6, 6.07) is 5.88. The SMILES string of the molecule is O/N=C1\CCCC[C@@H]1c1ccccn1. The first-order chi connectivity index (χ1) is 6.92. The number of hydrogen-bond donors (Lipinski definition) is 1. The average Bonchev–Trinajstić information content (AvgIpc) is 2.30. The summed E-state index contributed by atoms with van der Waals surface area (Å²) in [7, 11) is 0. The first-order valence-electron chi connectivity index (χ1n) is 5.03. The minimum atomic E-state index is 0.231. The maximum Gasteiger partial charge on any atom is 0.0661 e. The number of oxime groups is 1. The molecule has 1 aliphatic rings. The van der Waals surface area contributed by atoms with Gasteiger partial charge in [-0.05, 0) is 31.4 Å². The second-order valence-corrected chi connectivity index (χ2v) is 3.64. The van der Waals surface area contributed by atoms with Gasteiger partial charge in [0, 0.05) is 17.8 Å². The quantitative estimate of drug-likeness (QED) is 0.546.